The monoisotopic (exact) mass is 187 g/mol. The number of carbonyl (C=O) groups is 1. The van der Waals surface area contributed by atoms with Gasteiger partial charge in [0.1, 0.15) is 5.69 Å². The second-order valence-electron chi connectivity index (χ2n) is 2.58. The lowest BCUT2D eigenvalue weighted by molar-refractivity contribution is -0.143. The van der Waals surface area contributed by atoms with Gasteiger partial charge >= 0.3 is 5.97 Å². The number of aromatic nitrogens is 3. The Labute approximate surface area is 74.2 Å². The average Bonchev–Trinajstić information content (AvgIpc) is 2.52. The molecular weight excluding hydrogens is 177 g/mol. The van der Waals surface area contributed by atoms with Crippen LogP contribution < -0.4 is 0 Å². The third-order valence-corrected chi connectivity index (χ3v) is 1.56. The minimum absolute atomic E-state index is 0.00523. The van der Waals surface area contributed by atoms with Crippen molar-refractivity contribution in [3.63, 3.8) is 0 Å². The maximum absolute atomic E-state index is 13.0. The molecule has 0 aromatic carbocycles. The number of hydrogen-bond acceptors (Lipinski definition) is 3. The molecule has 5 nitrogen and oxygen atoms in total. The van der Waals surface area contributed by atoms with Crippen molar-refractivity contribution in [3.8, 4) is 0 Å². The molecule has 1 rings (SSSR count). The van der Waals surface area contributed by atoms with E-state index in [0.717, 1.165) is 12.6 Å². The fraction of sp³-hybridized carbons (Fsp3) is 0.571. The maximum Gasteiger partial charge on any atom is 0.344 e. The summed E-state index contributed by atoms with van der Waals surface area (Å²) in [5.74, 6) is -1.51. The Bertz CT molecular complexity index is 300. The largest absolute Gasteiger partial charge is 0.479 e. The Balaban J connectivity index is 2.86. The van der Waals surface area contributed by atoms with Crippen molar-refractivity contribution in [2.45, 2.75) is 26.1 Å². The van der Waals surface area contributed by atoms with Gasteiger partial charge < -0.3 is 5.11 Å². The highest BCUT2D eigenvalue weighted by Crippen LogP contribution is 2.15. The molecule has 0 aliphatic carbocycles. The van der Waals surface area contributed by atoms with Gasteiger partial charge in [0, 0.05) is 6.54 Å². The summed E-state index contributed by atoms with van der Waals surface area (Å²) in [7, 11) is 0. The normalized spacial score (nSPS) is 12.8. The van der Waals surface area contributed by atoms with Crippen molar-refractivity contribution < 1.29 is 14.3 Å². The van der Waals surface area contributed by atoms with Crippen LogP contribution in [-0.2, 0) is 11.3 Å². The van der Waals surface area contributed by atoms with Crippen LogP contribution in [0.25, 0.3) is 0 Å². The number of aliphatic carboxylic acids is 1. The van der Waals surface area contributed by atoms with E-state index in [1.807, 2.05) is 6.92 Å². The van der Waals surface area contributed by atoms with Crippen LogP contribution in [0.15, 0.2) is 6.20 Å². The average molecular weight is 187 g/mol. The molecular formula is C7H10FN3O2. The van der Waals surface area contributed by atoms with Crippen LogP contribution in [0, 0.1) is 0 Å². The molecule has 1 aromatic heterocycles. The molecule has 0 radical (unpaired) electrons. The maximum atomic E-state index is 13.0. The van der Waals surface area contributed by atoms with Crippen molar-refractivity contribution in [2.24, 2.45) is 0 Å². The predicted molar refractivity (Wildman–Crippen MR) is 41.8 cm³/mol. The van der Waals surface area contributed by atoms with E-state index in [-0.39, 0.29) is 5.69 Å². The number of nitrogens with zero attached hydrogens (tertiary/aromatic N) is 3. The minimum atomic E-state index is -2.04. The molecule has 1 heterocycles. The first-order chi connectivity index (χ1) is 6.16. The molecule has 0 saturated heterocycles. The van der Waals surface area contributed by atoms with Crippen LogP contribution in [0.1, 0.15) is 25.2 Å². The number of carboxylic acid groups (broad SMARTS) is 1. The summed E-state index contributed by atoms with van der Waals surface area (Å²) in [6, 6.07) is 0. The van der Waals surface area contributed by atoms with E-state index in [0.29, 0.717) is 6.54 Å². The summed E-state index contributed by atoms with van der Waals surface area (Å²) in [6.45, 7) is 2.36. The molecule has 0 amide bonds. The Morgan fingerprint density at radius 3 is 3.08 bits per heavy atom. The van der Waals surface area contributed by atoms with Gasteiger partial charge in [0.25, 0.3) is 0 Å². The van der Waals surface area contributed by atoms with Gasteiger partial charge in [-0.3, -0.25) is 0 Å². The van der Waals surface area contributed by atoms with Crippen molar-refractivity contribution in [1.82, 2.24) is 15.0 Å². The van der Waals surface area contributed by atoms with E-state index in [9.17, 15) is 9.18 Å². The molecule has 1 atom stereocenters. The molecule has 0 aliphatic rings. The van der Waals surface area contributed by atoms with Crippen LogP contribution in [0.2, 0.25) is 0 Å². The molecule has 13 heavy (non-hydrogen) atoms. The summed E-state index contributed by atoms with van der Waals surface area (Å²) in [4.78, 5) is 10.3. The fourth-order valence-electron chi connectivity index (χ4n) is 0.974. The van der Waals surface area contributed by atoms with Crippen molar-refractivity contribution >= 4 is 5.97 Å². The van der Waals surface area contributed by atoms with Gasteiger partial charge in [-0.2, -0.15) is 0 Å². The third-order valence-electron chi connectivity index (χ3n) is 1.56. The molecule has 72 valence electrons. The molecule has 0 fully saturated rings. The van der Waals surface area contributed by atoms with Gasteiger partial charge in [0.2, 0.25) is 6.17 Å². The van der Waals surface area contributed by atoms with Crippen LogP contribution in [0.5, 0.6) is 0 Å². The van der Waals surface area contributed by atoms with E-state index in [1.165, 1.54) is 4.68 Å². The number of alkyl halides is 1. The summed E-state index contributed by atoms with van der Waals surface area (Å²) in [6.07, 6.45) is -0.154. The van der Waals surface area contributed by atoms with Crippen molar-refractivity contribution in [3.05, 3.63) is 11.9 Å². The van der Waals surface area contributed by atoms with Gasteiger partial charge in [-0.05, 0) is 6.42 Å². The molecule has 6 heteroatoms. The number of aryl methyl sites for hydroxylation is 1. The van der Waals surface area contributed by atoms with Gasteiger partial charge in [-0.1, -0.05) is 12.1 Å². The number of hydrogen-bond donors (Lipinski definition) is 1. The second-order valence-corrected chi connectivity index (χ2v) is 2.58. The second kappa shape index (κ2) is 3.97. The first kappa shape index (κ1) is 9.63. The molecule has 0 bridgehead atoms. The predicted octanol–water partition coefficient (Wildman–Crippen LogP) is 0.783. The summed E-state index contributed by atoms with van der Waals surface area (Å²) in [5.41, 5.74) is -0.00523. The van der Waals surface area contributed by atoms with Crippen LogP contribution in [0.3, 0.4) is 0 Å². The first-order valence-electron chi connectivity index (χ1n) is 3.92. The fourth-order valence-corrected chi connectivity index (χ4v) is 0.974. The summed E-state index contributed by atoms with van der Waals surface area (Å²) >= 11 is 0. The van der Waals surface area contributed by atoms with Crippen LogP contribution in [0.4, 0.5) is 4.39 Å². The van der Waals surface area contributed by atoms with E-state index in [1.54, 1.807) is 0 Å². The molecule has 0 spiro atoms. The first-order valence-corrected chi connectivity index (χ1v) is 3.92. The summed E-state index contributed by atoms with van der Waals surface area (Å²) < 4.78 is 14.2. The Morgan fingerprint density at radius 2 is 2.54 bits per heavy atom. The smallest absolute Gasteiger partial charge is 0.344 e. The zero-order chi connectivity index (χ0) is 9.84. The third kappa shape index (κ3) is 2.01. The van der Waals surface area contributed by atoms with Crippen LogP contribution >= 0.6 is 0 Å². The Kier molecular flexibility index (Phi) is 2.94. The number of rotatable bonds is 4. The topological polar surface area (TPSA) is 68.0 Å². The number of carboxylic acids is 1. The highest BCUT2D eigenvalue weighted by molar-refractivity contribution is 5.73. The minimum Gasteiger partial charge on any atom is -0.479 e. The lowest BCUT2D eigenvalue weighted by Gasteiger charge is -2.04. The molecule has 1 N–H and O–H groups in total. The van der Waals surface area contributed by atoms with Gasteiger partial charge in [-0.25, -0.2) is 13.9 Å². The zero-order valence-corrected chi connectivity index (χ0v) is 7.14. The standard InChI is InChI=1S/C7H10FN3O2/c1-2-3-11-5(4-9-10-11)6(8)7(12)13/h4,6H,2-3H2,1H3,(H,12,13). The SMILES string of the molecule is CCCn1nncc1C(F)C(=O)O. The van der Waals surface area contributed by atoms with Crippen LogP contribution in [-0.4, -0.2) is 26.1 Å². The highest BCUT2D eigenvalue weighted by Gasteiger charge is 2.22. The van der Waals surface area contributed by atoms with E-state index in [4.69, 9.17) is 5.11 Å². The van der Waals surface area contributed by atoms with E-state index >= 15 is 0 Å². The van der Waals surface area contributed by atoms with Gasteiger partial charge in [0.15, 0.2) is 0 Å². The Hall–Kier alpha value is -1.46. The highest BCUT2D eigenvalue weighted by atomic mass is 19.1. The quantitative estimate of drug-likeness (QED) is 0.756. The molecule has 0 aliphatic heterocycles. The lowest BCUT2D eigenvalue weighted by Crippen LogP contribution is -2.13. The number of halogens is 1. The van der Waals surface area contributed by atoms with Gasteiger partial charge in [-0.15, -0.1) is 5.10 Å². The van der Waals surface area contributed by atoms with E-state index < -0.39 is 12.1 Å². The zero-order valence-electron chi connectivity index (χ0n) is 7.14. The lowest BCUT2D eigenvalue weighted by atomic mass is 10.3. The summed E-state index contributed by atoms with van der Waals surface area (Å²) in [5, 5.41) is 15.4. The molecule has 1 unspecified atom stereocenters. The van der Waals surface area contributed by atoms with Crippen molar-refractivity contribution in [2.75, 3.05) is 0 Å². The Morgan fingerprint density at radius 1 is 1.85 bits per heavy atom. The van der Waals surface area contributed by atoms with Gasteiger partial charge in [0.05, 0.1) is 6.20 Å². The van der Waals surface area contributed by atoms with Crippen molar-refractivity contribution in [1.29, 1.82) is 0 Å². The molecule has 1 aromatic rings. The van der Waals surface area contributed by atoms with E-state index in [2.05, 4.69) is 10.3 Å². The molecule has 0 saturated carbocycles.